The molecule has 0 spiro atoms. The first-order valence-corrected chi connectivity index (χ1v) is 7.77. The van der Waals surface area contributed by atoms with Gasteiger partial charge < -0.3 is 9.55 Å². The van der Waals surface area contributed by atoms with Crippen LogP contribution in [0.1, 0.15) is 28.3 Å². The van der Waals surface area contributed by atoms with Gasteiger partial charge in [-0.05, 0) is 50.7 Å². The maximum absolute atomic E-state index is 13.9. The largest absolute Gasteiger partial charge is 0.328 e. The van der Waals surface area contributed by atoms with Crippen LogP contribution in [-0.4, -0.2) is 9.55 Å². The Morgan fingerprint density at radius 3 is 2.57 bits per heavy atom. The summed E-state index contributed by atoms with van der Waals surface area (Å²) in [7, 11) is 0. The van der Waals surface area contributed by atoms with Crippen LogP contribution in [0.15, 0.2) is 18.2 Å². The molecule has 0 fully saturated rings. The number of fused-ring (bicyclic) bond motifs is 1. The summed E-state index contributed by atoms with van der Waals surface area (Å²) in [4.78, 5) is 5.23. The monoisotopic (exact) mass is 324 g/mol. The van der Waals surface area contributed by atoms with Gasteiger partial charge in [0.05, 0.1) is 11.6 Å². The van der Waals surface area contributed by atoms with Crippen LogP contribution in [0.3, 0.4) is 0 Å². The number of hydrogen-bond donors (Lipinski definition) is 1. The third-order valence-electron chi connectivity index (χ3n) is 3.66. The van der Waals surface area contributed by atoms with Crippen LogP contribution < -0.4 is 0 Å². The Morgan fingerprint density at radius 1 is 1.24 bits per heavy atom. The molecule has 1 aromatic carbocycles. The first-order valence-electron chi connectivity index (χ1n) is 6.54. The molecule has 2 nitrogen and oxygen atoms in total. The lowest BCUT2D eigenvalue weighted by atomic mass is 10.1. The van der Waals surface area contributed by atoms with Crippen LogP contribution in [0.4, 0.5) is 8.78 Å². The fourth-order valence-electron chi connectivity index (χ4n) is 2.74. The van der Waals surface area contributed by atoms with Gasteiger partial charge in [-0.3, -0.25) is 0 Å². The summed E-state index contributed by atoms with van der Waals surface area (Å²) in [6.45, 7) is 6.07. The smallest absolute Gasteiger partial charge is 0.178 e. The van der Waals surface area contributed by atoms with Crippen molar-refractivity contribution < 1.29 is 8.78 Å². The summed E-state index contributed by atoms with van der Waals surface area (Å²) in [5.41, 5.74) is 1.82. The SMILES string of the molecule is Cc1cc(C(C)n2c(=S)[nH]c3c(F)cc(F)cc32)c(C)s1. The van der Waals surface area contributed by atoms with Crippen LogP contribution in [0.5, 0.6) is 0 Å². The number of halogens is 2. The molecule has 1 unspecified atom stereocenters. The predicted molar refractivity (Wildman–Crippen MR) is 84.6 cm³/mol. The van der Waals surface area contributed by atoms with Gasteiger partial charge in [-0.2, -0.15) is 0 Å². The number of hydrogen-bond acceptors (Lipinski definition) is 2. The van der Waals surface area contributed by atoms with Gasteiger partial charge in [0.25, 0.3) is 0 Å². The van der Waals surface area contributed by atoms with Crippen molar-refractivity contribution in [2.45, 2.75) is 26.8 Å². The molecule has 0 bridgehead atoms. The Bertz CT molecular complexity index is 889. The quantitative estimate of drug-likeness (QED) is 0.637. The van der Waals surface area contributed by atoms with E-state index < -0.39 is 11.6 Å². The molecule has 0 amide bonds. The number of nitrogens with zero attached hydrogens (tertiary/aromatic N) is 1. The van der Waals surface area contributed by atoms with E-state index in [-0.39, 0.29) is 11.6 Å². The van der Waals surface area contributed by atoms with Crippen molar-refractivity contribution in [1.29, 1.82) is 0 Å². The number of aromatic nitrogens is 2. The second-order valence-electron chi connectivity index (χ2n) is 5.13. The molecule has 21 heavy (non-hydrogen) atoms. The molecule has 3 rings (SSSR count). The number of H-pyrrole nitrogens is 1. The molecule has 1 atom stereocenters. The van der Waals surface area contributed by atoms with E-state index >= 15 is 0 Å². The van der Waals surface area contributed by atoms with Crippen molar-refractivity contribution in [2.24, 2.45) is 0 Å². The molecule has 6 heteroatoms. The first kappa shape index (κ1) is 14.4. The zero-order chi connectivity index (χ0) is 15.3. The second kappa shape index (κ2) is 5.03. The number of thiophene rings is 1. The predicted octanol–water partition coefficient (Wildman–Crippen LogP) is 5.26. The molecular formula is C15H14F2N2S2. The van der Waals surface area contributed by atoms with Gasteiger partial charge in [0.1, 0.15) is 11.3 Å². The maximum atomic E-state index is 13.9. The molecule has 110 valence electrons. The highest BCUT2D eigenvalue weighted by Gasteiger charge is 2.18. The zero-order valence-corrected chi connectivity index (χ0v) is 13.5. The van der Waals surface area contributed by atoms with Crippen molar-refractivity contribution in [3.63, 3.8) is 0 Å². The van der Waals surface area contributed by atoms with E-state index in [1.54, 1.807) is 15.9 Å². The standard InChI is InChI=1S/C15H14F2N2S2/c1-7-4-11(9(3)21-7)8(2)19-13-6-10(16)5-12(17)14(13)18-15(19)20/h4-6,8H,1-3H3,(H,18,20). The highest BCUT2D eigenvalue weighted by atomic mass is 32.1. The summed E-state index contributed by atoms with van der Waals surface area (Å²) in [5, 5.41) is 0. The van der Waals surface area contributed by atoms with Crippen molar-refractivity contribution in [3.8, 4) is 0 Å². The molecule has 2 heterocycles. The van der Waals surface area contributed by atoms with Crippen LogP contribution in [0.2, 0.25) is 0 Å². The summed E-state index contributed by atoms with van der Waals surface area (Å²) in [5.74, 6) is -1.23. The van der Waals surface area contributed by atoms with E-state index in [4.69, 9.17) is 12.2 Å². The van der Waals surface area contributed by atoms with Gasteiger partial charge in [0.15, 0.2) is 10.6 Å². The Morgan fingerprint density at radius 2 is 1.95 bits per heavy atom. The van der Waals surface area contributed by atoms with Gasteiger partial charge in [-0.25, -0.2) is 8.78 Å². The average Bonchev–Trinajstić information content (AvgIpc) is 2.88. The molecule has 0 saturated carbocycles. The number of aromatic amines is 1. The van der Waals surface area contributed by atoms with Gasteiger partial charge in [0, 0.05) is 15.8 Å². The molecule has 0 saturated heterocycles. The minimum atomic E-state index is -0.625. The fraction of sp³-hybridized carbons (Fsp3) is 0.267. The number of aryl methyl sites for hydroxylation is 2. The Balaban J connectivity index is 2.27. The lowest BCUT2D eigenvalue weighted by Gasteiger charge is -2.15. The van der Waals surface area contributed by atoms with Gasteiger partial charge in [0.2, 0.25) is 0 Å². The van der Waals surface area contributed by atoms with Gasteiger partial charge >= 0.3 is 0 Å². The number of nitrogens with one attached hydrogen (secondary N) is 1. The molecule has 0 aliphatic carbocycles. The number of rotatable bonds is 2. The third kappa shape index (κ3) is 2.32. The first-order chi connectivity index (χ1) is 9.88. The molecule has 0 aliphatic rings. The van der Waals surface area contributed by atoms with E-state index in [1.807, 2.05) is 20.8 Å². The van der Waals surface area contributed by atoms with E-state index in [2.05, 4.69) is 11.1 Å². The summed E-state index contributed by atoms with van der Waals surface area (Å²) < 4.78 is 29.6. The Hall–Kier alpha value is -1.53. The summed E-state index contributed by atoms with van der Waals surface area (Å²) >= 11 is 7.01. The Kier molecular flexibility index (Phi) is 3.45. The van der Waals surface area contributed by atoms with E-state index in [0.29, 0.717) is 10.3 Å². The topological polar surface area (TPSA) is 20.7 Å². The molecular weight excluding hydrogens is 310 g/mol. The average molecular weight is 324 g/mol. The lowest BCUT2D eigenvalue weighted by molar-refractivity contribution is 0.588. The number of imidazole rings is 1. The lowest BCUT2D eigenvalue weighted by Crippen LogP contribution is -2.07. The van der Waals surface area contributed by atoms with E-state index in [9.17, 15) is 8.78 Å². The minimum Gasteiger partial charge on any atom is -0.328 e. The van der Waals surface area contributed by atoms with Gasteiger partial charge in [-0.15, -0.1) is 11.3 Å². The molecule has 0 radical (unpaired) electrons. The van der Waals surface area contributed by atoms with Crippen LogP contribution in [0.25, 0.3) is 11.0 Å². The molecule has 2 aromatic heterocycles. The van der Waals surface area contributed by atoms with Crippen molar-refractivity contribution in [1.82, 2.24) is 9.55 Å². The Labute approximate surface area is 130 Å². The highest BCUT2D eigenvalue weighted by molar-refractivity contribution is 7.71. The van der Waals surface area contributed by atoms with E-state index in [0.717, 1.165) is 11.6 Å². The van der Waals surface area contributed by atoms with Crippen molar-refractivity contribution >= 4 is 34.6 Å². The van der Waals surface area contributed by atoms with Gasteiger partial charge in [-0.1, -0.05) is 0 Å². The number of benzene rings is 1. The highest BCUT2D eigenvalue weighted by Crippen LogP contribution is 2.32. The fourth-order valence-corrected chi connectivity index (χ4v) is 4.11. The third-order valence-corrected chi connectivity index (χ3v) is 4.94. The maximum Gasteiger partial charge on any atom is 0.178 e. The second-order valence-corrected chi connectivity index (χ2v) is 6.97. The normalized spacial score (nSPS) is 13.0. The van der Waals surface area contributed by atoms with Crippen molar-refractivity contribution in [3.05, 3.63) is 49.9 Å². The minimum absolute atomic E-state index is 0.0857. The molecule has 0 aliphatic heterocycles. The van der Waals surface area contributed by atoms with Crippen LogP contribution in [-0.2, 0) is 0 Å². The molecule has 1 N–H and O–H groups in total. The van der Waals surface area contributed by atoms with Crippen LogP contribution >= 0.6 is 23.6 Å². The van der Waals surface area contributed by atoms with Crippen LogP contribution in [0, 0.1) is 30.3 Å². The van der Waals surface area contributed by atoms with E-state index in [1.165, 1.54) is 15.8 Å². The summed E-state index contributed by atoms with van der Waals surface area (Å²) in [6, 6.07) is 4.19. The van der Waals surface area contributed by atoms with Crippen molar-refractivity contribution in [2.75, 3.05) is 0 Å². The zero-order valence-electron chi connectivity index (χ0n) is 11.8. The summed E-state index contributed by atoms with van der Waals surface area (Å²) in [6.07, 6.45) is 0. The molecule has 3 aromatic rings.